The fourth-order valence-corrected chi connectivity index (χ4v) is 10.0. The summed E-state index contributed by atoms with van der Waals surface area (Å²) in [6.07, 6.45) is 5.00. The monoisotopic (exact) mass is 705 g/mol. The molecule has 2 aromatic heterocycles. The Morgan fingerprint density at radius 2 is 0.815 bits per heavy atom. The van der Waals surface area contributed by atoms with Gasteiger partial charge in [0, 0.05) is 57.6 Å². The molecule has 0 bridgehead atoms. The minimum absolute atomic E-state index is 0.565. The Morgan fingerprint density at radius 1 is 0.370 bits per heavy atom. The summed E-state index contributed by atoms with van der Waals surface area (Å²) < 4.78 is 4.88. The average molecular weight is 706 g/mol. The van der Waals surface area contributed by atoms with Gasteiger partial charge in [-0.1, -0.05) is 72.8 Å². The molecule has 3 fully saturated rings. The van der Waals surface area contributed by atoms with Gasteiger partial charge in [-0.3, -0.25) is 0 Å². The van der Waals surface area contributed by atoms with E-state index in [1.807, 2.05) is 0 Å². The summed E-state index contributed by atoms with van der Waals surface area (Å²) in [6, 6.07) is 50.5. The van der Waals surface area contributed by atoms with Gasteiger partial charge in [0.1, 0.15) is 0 Å². The molecule has 268 valence electrons. The van der Waals surface area contributed by atoms with Crippen LogP contribution < -0.4 is 15.5 Å². The number of aromatic nitrogens is 2. The highest BCUT2D eigenvalue weighted by Gasteiger charge is 2.31. The van der Waals surface area contributed by atoms with E-state index in [0.717, 1.165) is 39.3 Å². The lowest BCUT2D eigenvalue weighted by molar-refractivity contribution is 0.449. The molecule has 6 aromatic carbocycles. The van der Waals surface area contributed by atoms with E-state index in [2.05, 4.69) is 158 Å². The van der Waals surface area contributed by atoms with Crippen molar-refractivity contribution in [1.29, 1.82) is 0 Å². The normalized spacial score (nSPS) is 17.6. The van der Waals surface area contributed by atoms with E-state index in [1.165, 1.54) is 86.4 Å². The first kappa shape index (κ1) is 32.1. The van der Waals surface area contributed by atoms with Gasteiger partial charge in [0.25, 0.3) is 0 Å². The predicted octanol–water partition coefficient (Wildman–Crippen LogP) is 10.4. The Kier molecular flexibility index (Phi) is 7.84. The zero-order valence-electron chi connectivity index (χ0n) is 30.8. The van der Waals surface area contributed by atoms with Gasteiger partial charge >= 0.3 is 0 Å². The third kappa shape index (κ3) is 5.36. The number of nitrogens with one attached hydrogen (secondary N) is 2. The van der Waals surface area contributed by atoms with Crippen LogP contribution >= 0.6 is 0 Å². The number of piperidine rings is 2. The third-order valence-electron chi connectivity index (χ3n) is 12.9. The van der Waals surface area contributed by atoms with Crippen LogP contribution in [0, 0.1) is 0 Å². The van der Waals surface area contributed by atoms with Crippen LogP contribution in [0.3, 0.4) is 0 Å². The maximum absolute atomic E-state index is 3.59. The van der Waals surface area contributed by atoms with E-state index in [-0.39, 0.29) is 0 Å². The van der Waals surface area contributed by atoms with Crippen LogP contribution in [0.2, 0.25) is 0 Å². The highest BCUT2D eigenvalue weighted by Crippen LogP contribution is 2.41. The SMILES string of the molecule is c1ccc(-n2c3ccc(N4CC(c5cc(C6CCNCC6)cc(C6CCNCC6)c5)C4)cc3c3cc(-n4c5ccccc5c5ccccc54)ccc32)cc1. The standard InChI is InChI=1S/C49H47N5/c1-2-8-39(9-3-1)53-48-16-14-40(52-31-38(32-52)37-27-35(33-18-22-50-23-19-33)26-36(28-37)34-20-24-51-25-21-34)29-44(48)45-30-41(15-17-49(45)53)54-46-12-6-4-10-42(46)43-11-5-7-13-47(43)54/h1-17,26-30,33-34,38,50-51H,18-25,31-32H2. The minimum atomic E-state index is 0.565. The topological polar surface area (TPSA) is 37.2 Å². The largest absolute Gasteiger partial charge is 0.370 e. The molecular weight excluding hydrogens is 659 g/mol. The van der Waals surface area contributed by atoms with Crippen molar-refractivity contribution in [3.63, 3.8) is 0 Å². The molecule has 0 spiro atoms. The van der Waals surface area contributed by atoms with Crippen molar-refractivity contribution in [3.8, 4) is 11.4 Å². The second-order valence-corrected chi connectivity index (χ2v) is 16.0. The highest BCUT2D eigenvalue weighted by atomic mass is 15.2. The van der Waals surface area contributed by atoms with Crippen molar-refractivity contribution in [2.24, 2.45) is 0 Å². The Morgan fingerprint density at radius 3 is 1.39 bits per heavy atom. The van der Waals surface area contributed by atoms with Gasteiger partial charge in [-0.15, -0.1) is 0 Å². The molecule has 5 nitrogen and oxygen atoms in total. The van der Waals surface area contributed by atoms with Crippen LogP contribution in [0.15, 0.2) is 133 Å². The van der Waals surface area contributed by atoms with E-state index >= 15 is 0 Å². The Balaban J connectivity index is 0.984. The molecule has 3 aliphatic rings. The Labute approximate surface area is 317 Å². The molecule has 54 heavy (non-hydrogen) atoms. The zero-order chi connectivity index (χ0) is 35.6. The van der Waals surface area contributed by atoms with Crippen molar-refractivity contribution in [3.05, 3.63) is 150 Å². The number of hydrogen-bond donors (Lipinski definition) is 2. The van der Waals surface area contributed by atoms with Gasteiger partial charge < -0.3 is 24.7 Å². The number of nitrogens with zero attached hydrogens (tertiary/aromatic N) is 3. The van der Waals surface area contributed by atoms with Crippen LogP contribution in [0.25, 0.3) is 55.0 Å². The number of anilines is 1. The lowest BCUT2D eigenvalue weighted by Crippen LogP contribution is -2.45. The molecule has 5 heterocycles. The molecule has 0 aliphatic carbocycles. The number of rotatable bonds is 6. The van der Waals surface area contributed by atoms with Crippen molar-refractivity contribution < 1.29 is 0 Å². The van der Waals surface area contributed by atoms with E-state index in [0.29, 0.717) is 17.8 Å². The maximum atomic E-state index is 3.59. The van der Waals surface area contributed by atoms with E-state index < -0.39 is 0 Å². The summed E-state index contributed by atoms with van der Waals surface area (Å²) in [5.74, 6) is 1.93. The summed E-state index contributed by atoms with van der Waals surface area (Å²) in [4.78, 5) is 2.61. The quantitative estimate of drug-likeness (QED) is 0.181. The van der Waals surface area contributed by atoms with Gasteiger partial charge in [-0.25, -0.2) is 0 Å². The number of fused-ring (bicyclic) bond motifs is 6. The van der Waals surface area contributed by atoms with Gasteiger partial charge in [0.05, 0.1) is 22.1 Å². The molecule has 5 heteroatoms. The van der Waals surface area contributed by atoms with E-state index in [4.69, 9.17) is 0 Å². The van der Waals surface area contributed by atoms with E-state index in [9.17, 15) is 0 Å². The molecular formula is C49H47N5. The summed E-state index contributed by atoms with van der Waals surface area (Å²) >= 11 is 0. The average Bonchev–Trinajstić information content (AvgIpc) is 3.73. The van der Waals surface area contributed by atoms with Crippen molar-refractivity contribution in [2.45, 2.75) is 43.4 Å². The third-order valence-corrected chi connectivity index (χ3v) is 12.9. The molecule has 11 rings (SSSR count). The molecule has 3 aliphatic heterocycles. The smallest absolute Gasteiger partial charge is 0.0542 e. The number of hydrogen-bond acceptors (Lipinski definition) is 3. The fourth-order valence-electron chi connectivity index (χ4n) is 10.0. The second kappa shape index (κ2) is 13.2. The first-order valence-electron chi connectivity index (χ1n) is 20.2. The van der Waals surface area contributed by atoms with Crippen molar-refractivity contribution in [2.75, 3.05) is 44.2 Å². The first-order valence-corrected chi connectivity index (χ1v) is 20.2. The molecule has 0 saturated carbocycles. The second-order valence-electron chi connectivity index (χ2n) is 16.0. The minimum Gasteiger partial charge on any atom is -0.370 e. The lowest BCUT2D eigenvalue weighted by atomic mass is 9.80. The Bertz CT molecular complexity index is 2560. The number of benzene rings is 6. The van der Waals surface area contributed by atoms with Gasteiger partial charge in [-0.05, 0) is 141 Å². The van der Waals surface area contributed by atoms with Gasteiger partial charge in [0.2, 0.25) is 0 Å². The van der Waals surface area contributed by atoms with E-state index in [1.54, 1.807) is 16.7 Å². The van der Waals surface area contributed by atoms with Crippen LogP contribution in [0.4, 0.5) is 5.69 Å². The summed E-state index contributed by atoms with van der Waals surface area (Å²) in [5, 5.41) is 12.3. The molecule has 3 saturated heterocycles. The molecule has 0 unspecified atom stereocenters. The molecule has 2 N–H and O–H groups in total. The number of para-hydroxylation sites is 3. The first-order chi connectivity index (χ1) is 26.8. The van der Waals surface area contributed by atoms with Crippen molar-refractivity contribution in [1.82, 2.24) is 19.8 Å². The molecule has 8 aromatic rings. The summed E-state index contributed by atoms with van der Waals surface area (Å²) in [6.45, 7) is 6.68. The maximum Gasteiger partial charge on any atom is 0.0542 e. The van der Waals surface area contributed by atoms with Crippen LogP contribution in [-0.2, 0) is 0 Å². The van der Waals surface area contributed by atoms with Gasteiger partial charge in [0.15, 0.2) is 0 Å². The van der Waals surface area contributed by atoms with Crippen LogP contribution in [0.1, 0.15) is 60.1 Å². The van der Waals surface area contributed by atoms with Crippen LogP contribution in [-0.4, -0.2) is 48.4 Å². The fraction of sp³-hybridized carbons (Fsp3) is 0.265. The molecule has 0 amide bonds. The molecule has 0 radical (unpaired) electrons. The van der Waals surface area contributed by atoms with Gasteiger partial charge in [-0.2, -0.15) is 0 Å². The predicted molar refractivity (Wildman–Crippen MR) is 226 cm³/mol. The van der Waals surface area contributed by atoms with Crippen molar-refractivity contribution >= 4 is 49.3 Å². The Hall–Kier alpha value is -5.36. The summed E-state index contributed by atoms with van der Waals surface area (Å²) in [5.41, 5.74) is 13.4. The highest BCUT2D eigenvalue weighted by molar-refractivity contribution is 6.12. The zero-order valence-corrected chi connectivity index (χ0v) is 30.8. The lowest BCUT2D eigenvalue weighted by Gasteiger charge is -2.42. The summed E-state index contributed by atoms with van der Waals surface area (Å²) in [7, 11) is 0. The molecule has 0 atom stereocenters. The van der Waals surface area contributed by atoms with Crippen LogP contribution in [0.5, 0.6) is 0 Å².